The highest BCUT2D eigenvalue weighted by atomic mass is 16.5. The standard InChI is InChI=1S/C15H24N2O2/c1-4-18-14-7-6-13(10-15(14)19-5-2)17-9-8-16-12(3)11-17/h6-7,10,12,16H,4-5,8-9,11H2,1-3H3/t12-/m1/s1. The van der Waals surface area contributed by atoms with Crippen molar-refractivity contribution in [2.45, 2.75) is 26.8 Å². The van der Waals surface area contributed by atoms with Gasteiger partial charge >= 0.3 is 0 Å². The van der Waals surface area contributed by atoms with Crippen molar-refractivity contribution in [3.05, 3.63) is 18.2 Å². The van der Waals surface area contributed by atoms with Crippen molar-refractivity contribution in [1.82, 2.24) is 5.32 Å². The van der Waals surface area contributed by atoms with Crippen LogP contribution < -0.4 is 19.7 Å². The van der Waals surface area contributed by atoms with Crippen molar-refractivity contribution >= 4 is 5.69 Å². The van der Waals surface area contributed by atoms with E-state index in [9.17, 15) is 0 Å². The Labute approximate surface area is 115 Å². The van der Waals surface area contributed by atoms with Gasteiger partial charge in [-0.25, -0.2) is 0 Å². The van der Waals surface area contributed by atoms with Gasteiger partial charge in [-0.15, -0.1) is 0 Å². The van der Waals surface area contributed by atoms with Crippen molar-refractivity contribution in [3.63, 3.8) is 0 Å². The number of rotatable bonds is 5. The summed E-state index contributed by atoms with van der Waals surface area (Å²) in [6.45, 7) is 10.6. The molecule has 0 aromatic heterocycles. The molecule has 0 spiro atoms. The molecule has 106 valence electrons. The van der Waals surface area contributed by atoms with Crippen molar-refractivity contribution in [3.8, 4) is 11.5 Å². The van der Waals surface area contributed by atoms with E-state index in [1.807, 2.05) is 19.9 Å². The predicted molar refractivity (Wildman–Crippen MR) is 78.5 cm³/mol. The minimum absolute atomic E-state index is 0.524. The maximum Gasteiger partial charge on any atom is 0.163 e. The van der Waals surface area contributed by atoms with Gasteiger partial charge in [-0.05, 0) is 32.9 Å². The lowest BCUT2D eigenvalue weighted by Gasteiger charge is -2.34. The number of hydrogen-bond acceptors (Lipinski definition) is 4. The van der Waals surface area contributed by atoms with Gasteiger partial charge < -0.3 is 19.7 Å². The van der Waals surface area contributed by atoms with Crippen molar-refractivity contribution in [1.29, 1.82) is 0 Å². The number of ether oxygens (including phenoxy) is 2. The summed E-state index contributed by atoms with van der Waals surface area (Å²) in [4.78, 5) is 2.39. The number of nitrogens with zero attached hydrogens (tertiary/aromatic N) is 1. The van der Waals surface area contributed by atoms with Gasteiger partial charge in [0.1, 0.15) is 0 Å². The van der Waals surface area contributed by atoms with E-state index in [2.05, 4.69) is 29.3 Å². The first kappa shape index (κ1) is 14.0. The van der Waals surface area contributed by atoms with Crippen LogP contribution >= 0.6 is 0 Å². The molecule has 1 aromatic rings. The highest BCUT2D eigenvalue weighted by Gasteiger charge is 2.17. The highest BCUT2D eigenvalue weighted by Crippen LogP contribution is 2.32. The Morgan fingerprint density at radius 1 is 1.21 bits per heavy atom. The molecule has 1 aromatic carbocycles. The quantitative estimate of drug-likeness (QED) is 0.884. The van der Waals surface area contributed by atoms with E-state index in [1.54, 1.807) is 0 Å². The molecule has 1 saturated heterocycles. The van der Waals surface area contributed by atoms with Crippen LogP contribution in [0, 0.1) is 0 Å². The first-order valence-electron chi connectivity index (χ1n) is 7.12. The maximum absolute atomic E-state index is 5.68. The summed E-state index contributed by atoms with van der Waals surface area (Å²) in [5.41, 5.74) is 1.21. The number of anilines is 1. The van der Waals surface area contributed by atoms with Crippen LogP contribution in [0.4, 0.5) is 5.69 Å². The summed E-state index contributed by atoms with van der Waals surface area (Å²) in [6.07, 6.45) is 0. The van der Waals surface area contributed by atoms with Crippen LogP contribution in [-0.4, -0.2) is 38.9 Å². The van der Waals surface area contributed by atoms with E-state index < -0.39 is 0 Å². The monoisotopic (exact) mass is 264 g/mol. The second-order valence-electron chi connectivity index (χ2n) is 4.80. The third-order valence-electron chi connectivity index (χ3n) is 3.26. The Morgan fingerprint density at radius 3 is 2.63 bits per heavy atom. The molecule has 1 aliphatic heterocycles. The summed E-state index contributed by atoms with van der Waals surface area (Å²) in [7, 11) is 0. The second-order valence-corrected chi connectivity index (χ2v) is 4.80. The van der Waals surface area contributed by atoms with Gasteiger partial charge in [-0.3, -0.25) is 0 Å². The third kappa shape index (κ3) is 3.53. The van der Waals surface area contributed by atoms with E-state index in [1.165, 1.54) is 5.69 Å². The van der Waals surface area contributed by atoms with Gasteiger partial charge in [-0.1, -0.05) is 0 Å². The second kappa shape index (κ2) is 6.66. The van der Waals surface area contributed by atoms with Gasteiger partial charge in [0.2, 0.25) is 0 Å². The average molecular weight is 264 g/mol. The molecule has 4 heteroatoms. The van der Waals surface area contributed by atoms with Crippen molar-refractivity contribution in [2.24, 2.45) is 0 Å². The van der Waals surface area contributed by atoms with E-state index in [4.69, 9.17) is 9.47 Å². The normalized spacial score (nSPS) is 19.3. The summed E-state index contributed by atoms with van der Waals surface area (Å²) >= 11 is 0. The van der Waals surface area contributed by atoms with Crippen LogP contribution in [0.25, 0.3) is 0 Å². The lowest BCUT2D eigenvalue weighted by molar-refractivity contribution is 0.288. The van der Waals surface area contributed by atoms with Crippen molar-refractivity contribution in [2.75, 3.05) is 37.7 Å². The topological polar surface area (TPSA) is 33.7 Å². The summed E-state index contributed by atoms with van der Waals surface area (Å²) in [6, 6.07) is 6.74. The highest BCUT2D eigenvalue weighted by molar-refractivity contribution is 5.56. The molecule has 0 amide bonds. The van der Waals surface area contributed by atoms with E-state index in [0.717, 1.165) is 31.1 Å². The molecule has 1 atom stereocenters. The molecule has 4 nitrogen and oxygen atoms in total. The summed E-state index contributed by atoms with van der Waals surface area (Å²) < 4.78 is 11.3. The third-order valence-corrected chi connectivity index (χ3v) is 3.26. The summed E-state index contributed by atoms with van der Waals surface area (Å²) in [5.74, 6) is 1.67. The zero-order valence-corrected chi connectivity index (χ0v) is 12.1. The number of nitrogens with one attached hydrogen (secondary N) is 1. The molecule has 0 radical (unpaired) electrons. The fraction of sp³-hybridized carbons (Fsp3) is 0.600. The zero-order chi connectivity index (χ0) is 13.7. The number of piperazine rings is 1. The number of hydrogen-bond donors (Lipinski definition) is 1. The van der Waals surface area contributed by atoms with E-state index in [-0.39, 0.29) is 0 Å². The maximum atomic E-state index is 5.68. The van der Waals surface area contributed by atoms with Gasteiger partial charge in [0.15, 0.2) is 11.5 Å². The summed E-state index contributed by atoms with van der Waals surface area (Å²) in [5, 5.41) is 3.46. The first-order chi connectivity index (χ1) is 9.24. The molecule has 0 aliphatic carbocycles. The molecule has 19 heavy (non-hydrogen) atoms. The van der Waals surface area contributed by atoms with Gasteiger partial charge in [-0.2, -0.15) is 0 Å². The SMILES string of the molecule is CCOc1ccc(N2CCN[C@H](C)C2)cc1OCC. The Hall–Kier alpha value is -1.42. The lowest BCUT2D eigenvalue weighted by atomic mass is 10.2. The molecule has 2 rings (SSSR count). The average Bonchev–Trinajstić information content (AvgIpc) is 2.41. The minimum atomic E-state index is 0.524. The lowest BCUT2D eigenvalue weighted by Crippen LogP contribution is -2.49. The molecule has 0 bridgehead atoms. The minimum Gasteiger partial charge on any atom is -0.490 e. The number of benzene rings is 1. The van der Waals surface area contributed by atoms with Crippen LogP contribution in [0.2, 0.25) is 0 Å². The Bertz CT molecular complexity index is 409. The fourth-order valence-corrected chi connectivity index (χ4v) is 2.40. The van der Waals surface area contributed by atoms with E-state index in [0.29, 0.717) is 19.3 Å². The van der Waals surface area contributed by atoms with E-state index >= 15 is 0 Å². The Balaban J connectivity index is 2.18. The van der Waals surface area contributed by atoms with Gasteiger partial charge in [0.05, 0.1) is 13.2 Å². The first-order valence-corrected chi connectivity index (χ1v) is 7.12. The molecule has 0 saturated carbocycles. The largest absolute Gasteiger partial charge is 0.490 e. The fourth-order valence-electron chi connectivity index (χ4n) is 2.40. The molecule has 1 N–H and O–H groups in total. The zero-order valence-electron chi connectivity index (χ0n) is 12.1. The molecular weight excluding hydrogens is 240 g/mol. The van der Waals surface area contributed by atoms with Crippen LogP contribution in [0.3, 0.4) is 0 Å². The molecular formula is C15H24N2O2. The van der Waals surface area contributed by atoms with Crippen LogP contribution in [0.1, 0.15) is 20.8 Å². The smallest absolute Gasteiger partial charge is 0.163 e. The van der Waals surface area contributed by atoms with Crippen LogP contribution in [-0.2, 0) is 0 Å². The van der Waals surface area contributed by atoms with Gasteiger partial charge in [0.25, 0.3) is 0 Å². The van der Waals surface area contributed by atoms with Crippen LogP contribution in [0.15, 0.2) is 18.2 Å². The molecule has 1 aliphatic rings. The molecule has 0 unspecified atom stereocenters. The van der Waals surface area contributed by atoms with Gasteiger partial charge in [0, 0.05) is 37.4 Å². The Morgan fingerprint density at radius 2 is 1.95 bits per heavy atom. The molecule has 1 fully saturated rings. The van der Waals surface area contributed by atoms with Crippen molar-refractivity contribution < 1.29 is 9.47 Å². The molecule has 1 heterocycles. The Kier molecular flexibility index (Phi) is 4.91. The van der Waals surface area contributed by atoms with Crippen LogP contribution in [0.5, 0.6) is 11.5 Å². The predicted octanol–water partition coefficient (Wildman–Crippen LogP) is 2.28.